The molecule has 0 aliphatic heterocycles. The molecule has 0 fully saturated rings. The van der Waals surface area contributed by atoms with Gasteiger partial charge in [0.1, 0.15) is 11.9 Å². The van der Waals surface area contributed by atoms with Crippen molar-refractivity contribution in [3.63, 3.8) is 0 Å². The average Bonchev–Trinajstić information content (AvgIpc) is 2.34. The van der Waals surface area contributed by atoms with Crippen LogP contribution >= 0.6 is 15.9 Å². The van der Waals surface area contributed by atoms with E-state index in [1.54, 1.807) is 12.3 Å². The largest absolute Gasteiger partial charge is 0.339 e. The van der Waals surface area contributed by atoms with Crippen molar-refractivity contribution in [2.45, 2.75) is 13.8 Å². The molecule has 1 heterocycles. The van der Waals surface area contributed by atoms with Crippen molar-refractivity contribution in [2.24, 2.45) is 0 Å². The first-order valence-corrected chi connectivity index (χ1v) is 6.29. The molecule has 3 nitrogen and oxygen atoms in total. The Morgan fingerprint density at radius 1 is 1.28 bits per heavy atom. The van der Waals surface area contributed by atoms with Gasteiger partial charge >= 0.3 is 0 Å². The van der Waals surface area contributed by atoms with Crippen molar-refractivity contribution < 1.29 is 0 Å². The minimum absolute atomic E-state index is 0.518. The van der Waals surface area contributed by atoms with Crippen LogP contribution in [-0.4, -0.2) is 4.98 Å². The summed E-state index contributed by atoms with van der Waals surface area (Å²) >= 11 is 3.31. The molecule has 0 spiro atoms. The maximum atomic E-state index is 9.08. The lowest BCUT2D eigenvalue weighted by atomic mass is 10.1. The van der Waals surface area contributed by atoms with Gasteiger partial charge in [-0.05, 0) is 47.5 Å². The zero-order chi connectivity index (χ0) is 13.1. The monoisotopic (exact) mass is 301 g/mol. The minimum Gasteiger partial charge on any atom is -0.339 e. The van der Waals surface area contributed by atoms with Gasteiger partial charge in [0.05, 0.1) is 5.56 Å². The summed E-state index contributed by atoms with van der Waals surface area (Å²) in [6, 6.07) is 10.00. The highest BCUT2D eigenvalue weighted by Gasteiger charge is 2.06. The highest BCUT2D eigenvalue weighted by molar-refractivity contribution is 9.10. The molecular weight excluding hydrogens is 290 g/mol. The molecule has 0 aliphatic rings. The number of pyridine rings is 1. The van der Waals surface area contributed by atoms with Crippen molar-refractivity contribution in [1.29, 1.82) is 5.26 Å². The Balaban J connectivity index is 2.37. The Labute approximate surface area is 115 Å². The van der Waals surface area contributed by atoms with Crippen LogP contribution in [0.1, 0.15) is 16.7 Å². The first kappa shape index (κ1) is 12.6. The van der Waals surface area contributed by atoms with E-state index in [0.717, 1.165) is 15.7 Å². The standard InChI is InChI=1S/C14H12BrN3/c1-9-3-4-13(10(2)5-9)18-14-11(7-16)6-12(15)8-17-14/h3-6,8H,1-2H3,(H,17,18). The molecule has 0 aliphatic carbocycles. The third-order valence-corrected chi connectivity index (χ3v) is 3.04. The maximum Gasteiger partial charge on any atom is 0.148 e. The summed E-state index contributed by atoms with van der Waals surface area (Å²) in [4.78, 5) is 4.23. The number of hydrogen-bond donors (Lipinski definition) is 1. The number of benzene rings is 1. The lowest BCUT2D eigenvalue weighted by Gasteiger charge is -2.10. The van der Waals surface area contributed by atoms with Crippen LogP contribution in [0.2, 0.25) is 0 Å². The minimum atomic E-state index is 0.518. The molecule has 1 aromatic heterocycles. The third-order valence-electron chi connectivity index (χ3n) is 2.61. The van der Waals surface area contributed by atoms with Crippen LogP contribution in [0.25, 0.3) is 0 Å². The van der Waals surface area contributed by atoms with Crippen molar-refractivity contribution in [3.05, 3.63) is 51.6 Å². The molecule has 90 valence electrons. The van der Waals surface area contributed by atoms with Gasteiger partial charge in [-0.3, -0.25) is 0 Å². The summed E-state index contributed by atoms with van der Waals surface area (Å²) in [5.74, 6) is 0.577. The van der Waals surface area contributed by atoms with Crippen LogP contribution in [0, 0.1) is 25.2 Å². The highest BCUT2D eigenvalue weighted by atomic mass is 79.9. The Morgan fingerprint density at radius 2 is 2.06 bits per heavy atom. The fourth-order valence-corrected chi connectivity index (χ4v) is 2.04. The van der Waals surface area contributed by atoms with E-state index in [0.29, 0.717) is 11.4 Å². The molecule has 0 unspecified atom stereocenters. The van der Waals surface area contributed by atoms with Gasteiger partial charge in [0.2, 0.25) is 0 Å². The molecule has 0 radical (unpaired) electrons. The van der Waals surface area contributed by atoms with E-state index in [-0.39, 0.29) is 0 Å². The highest BCUT2D eigenvalue weighted by Crippen LogP contribution is 2.24. The van der Waals surface area contributed by atoms with Gasteiger partial charge in [-0.15, -0.1) is 0 Å². The molecule has 0 bridgehead atoms. The maximum absolute atomic E-state index is 9.08. The van der Waals surface area contributed by atoms with Crippen LogP contribution in [0.15, 0.2) is 34.9 Å². The summed E-state index contributed by atoms with van der Waals surface area (Å²) < 4.78 is 0.797. The topological polar surface area (TPSA) is 48.7 Å². The van der Waals surface area contributed by atoms with Gasteiger partial charge < -0.3 is 5.32 Å². The van der Waals surface area contributed by atoms with Crippen LogP contribution in [-0.2, 0) is 0 Å². The number of aromatic nitrogens is 1. The predicted octanol–water partition coefficient (Wildman–Crippen LogP) is 4.08. The number of rotatable bonds is 2. The lowest BCUT2D eigenvalue weighted by Crippen LogP contribution is -1.98. The van der Waals surface area contributed by atoms with E-state index in [1.165, 1.54) is 5.56 Å². The van der Waals surface area contributed by atoms with Crippen LogP contribution in [0.3, 0.4) is 0 Å². The molecule has 4 heteroatoms. The number of nitriles is 1. The quantitative estimate of drug-likeness (QED) is 0.909. The van der Waals surface area contributed by atoms with Gasteiger partial charge in [0.15, 0.2) is 0 Å². The van der Waals surface area contributed by atoms with E-state index >= 15 is 0 Å². The number of nitrogens with zero attached hydrogens (tertiary/aromatic N) is 2. The average molecular weight is 302 g/mol. The molecule has 1 aromatic carbocycles. The summed E-state index contributed by atoms with van der Waals surface area (Å²) in [6.07, 6.45) is 1.67. The van der Waals surface area contributed by atoms with E-state index in [4.69, 9.17) is 5.26 Å². The Kier molecular flexibility index (Phi) is 3.63. The fraction of sp³-hybridized carbons (Fsp3) is 0.143. The summed E-state index contributed by atoms with van der Waals surface area (Å²) in [7, 11) is 0. The number of nitrogens with one attached hydrogen (secondary N) is 1. The molecular formula is C14H12BrN3. The van der Waals surface area contributed by atoms with Gasteiger partial charge in [-0.1, -0.05) is 17.7 Å². The third kappa shape index (κ3) is 2.69. The van der Waals surface area contributed by atoms with Crippen molar-refractivity contribution in [1.82, 2.24) is 4.98 Å². The molecule has 0 saturated carbocycles. The normalized spacial score (nSPS) is 9.89. The number of halogens is 1. The van der Waals surface area contributed by atoms with E-state index in [1.807, 2.05) is 19.1 Å². The fourth-order valence-electron chi connectivity index (χ4n) is 1.71. The molecule has 1 N–H and O–H groups in total. The van der Waals surface area contributed by atoms with Crippen molar-refractivity contribution >= 4 is 27.4 Å². The van der Waals surface area contributed by atoms with Crippen molar-refractivity contribution in [3.8, 4) is 6.07 Å². The Hall–Kier alpha value is -1.86. The molecule has 0 amide bonds. The number of aryl methyl sites for hydroxylation is 2. The second-order valence-corrected chi connectivity index (χ2v) is 5.02. The van der Waals surface area contributed by atoms with E-state index in [9.17, 15) is 0 Å². The molecule has 0 saturated heterocycles. The van der Waals surface area contributed by atoms with E-state index < -0.39 is 0 Å². The van der Waals surface area contributed by atoms with Gasteiger partial charge in [-0.2, -0.15) is 5.26 Å². The Bertz CT molecular complexity index is 629. The zero-order valence-corrected chi connectivity index (χ0v) is 11.7. The van der Waals surface area contributed by atoms with Gasteiger partial charge in [0, 0.05) is 16.4 Å². The number of anilines is 2. The molecule has 2 aromatic rings. The van der Waals surface area contributed by atoms with Gasteiger partial charge in [-0.25, -0.2) is 4.98 Å². The van der Waals surface area contributed by atoms with Crippen LogP contribution in [0.5, 0.6) is 0 Å². The zero-order valence-electron chi connectivity index (χ0n) is 10.2. The summed E-state index contributed by atoms with van der Waals surface area (Å²) in [5, 5.41) is 12.3. The SMILES string of the molecule is Cc1ccc(Nc2ncc(Br)cc2C#N)c(C)c1. The first-order chi connectivity index (χ1) is 8.60. The lowest BCUT2D eigenvalue weighted by molar-refractivity contribution is 1.26. The van der Waals surface area contributed by atoms with Crippen LogP contribution in [0.4, 0.5) is 11.5 Å². The van der Waals surface area contributed by atoms with Crippen LogP contribution < -0.4 is 5.32 Å². The summed E-state index contributed by atoms with van der Waals surface area (Å²) in [6.45, 7) is 4.08. The second-order valence-electron chi connectivity index (χ2n) is 4.10. The van der Waals surface area contributed by atoms with E-state index in [2.05, 4.69) is 45.3 Å². The molecule has 0 atom stereocenters. The predicted molar refractivity (Wildman–Crippen MR) is 75.9 cm³/mol. The second kappa shape index (κ2) is 5.19. The molecule has 2 rings (SSSR count). The first-order valence-electron chi connectivity index (χ1n) is 5.50. The smallest absolute Gasteiger partial charge is 0.148 e. The van der Waals surface area contributed by atoms with Crippen molar-refractivity contribution in [2.75, 3.05) is 5.32 Å². The van der Waals surface area contributed by atoms with Gasteiger partial charge in [0.25, 0.3) is 0 Å². The number of hydrogen-bond acceptors (Lipinski definition) is 3. The Morgan fingerprint density at radius 3 is 2.72 bits per heavy atom. The summed E-state index contributed by atoms with van der Waals surface area (Å²) in [5.41, 5.74) is 3.82. The molecule has 18 heavy (non-hydrogen) atoms.